The van der Waals surface area contributed by atoms with Crippen molar-refractivity contribution in [3.8, 4) is 0 Å². The highest BCUT2D eigenvalue weighted by Gasteiger charge is 2.34. The van der Waals surface area contributed by atoms with Crippen LogP contribution in [-0.4, -0.2) is 39.9 Å². The molecule has 7 heteroatoms. The van der Waals surface area contributed by atoms with E-state index < -0.39 is 0 Å². The number of nitrogens with zero attached hydrogens (tertiary/aromatic N) is 2. The van der Waals surface area contributed by atoms with Gasteiger partial charge in [0.2, 0.25) is 0 Å². The highest BCUT2D eigenvalue weighted by Crippen LogP contribution is 2.38. The maximum Gasteiger partial charge on any atom is 0.267 e. The van der Waals surface area contributed by atoms with E-state index in [9.17, 15) is 9.59 Å². The summed E-state index contributed by atoms with van der Waals surface area (Å²) in [6, 6.07) is 10.2. The number of hydrogen-bond donors (Lipinski definition) is 2. The largest absolute Gasteiger partial charge is 0.377 e. The van der Waals surface area contributed by atoms with Crippen LogP contribution >= 0.6 is 0 Å². The summed E-state index contributed by atoms with van der Waals surface area (Å²) in [5, 5.41) is 8.55. The summed E-state index contributed by atoms with van der Waals surface area (Å²) in [6.45, 7) is 0.730. The van der Waals surface area contributed by atoms with Crippen LogP contribution < -0.4 is 10.9 Å². The molecule has 2 fully saturated rings. The molecule has 1 aliphatic carbocycles. The minimum Gasteiger partial charge on any atom is -0.377 e. The van der Waals surface area contributed by atoms with Gasteiger partial charge in [-0.15, -0.1) is 0 Å². The molecule has 0 spiro atoms. The number of carbonyl (C=O) groups excluding carboxylic acids is 1. The number of fused-ring (bicyclic) bond motifs is 1. The molecule has 2 N–H and O–H groups in total. The minimum absolute atomic E-state index is 0.164. The van der Waals surface area contributed by atoms with Gasteiger partial charge >= 0.3 is 0 Å². The van der Waals surface area contributed by atoms with Crippen LogP contribution in [0.15, 0.2) is 47.4 Å². The summed E-state index contributed by atoms with van der Waals surface area (Å²) in [7, 11) is 0. The molecule has 1 aliphatic heterocycles. The van der Waals surface area contributed by atoms with E-state index >= 15 is 0 Å². The first-order valence-corrected chi connectivity index (χ1v) is 9.24. The van der Waals surface area contributed by atoms with E-state index in [0.29, 0.717) is 24.7 Å². The van der Waals surface area contributed by atoms with Crippen LogP contribution in [0.1, 0.15) is 40.9 Å². The summed E-state index contributed by atoms with van der Waals surface area (Å²) < 4.78 is 7.06. The topological polar surface area (TPSA) is 89.0 Å². The van der Waals surface area contributed by atoms with Crippen molar-refractivity contribution < 1.29 is 9.53 Å². The van der Waals surface area contributed by atoms with Crippen LogP contribution in [0.2, 0.25) is 0 Å². The zero-order valence-corrected chi connectivity index (χ0v) is 14.7. The van der Waals surface area contributed by atoms with E-state index in [2.05, 4.69) is 15.4 Å². The molecule has 3 aromatic rings. The van der Waals surface area contributed by atoms with Crippen molar-refractivity contribution in [2.75, 3.05) is 13.2 Å². The number of amides is 1. The molecular weight excluding hydrogens is 344 g/mol. The molecule has 2 unspecified atom stereocenters. The number of ether oxygens (including phenoxy) is 1. The van der Waals surface area contributed by atoms with Crippen molar-refractivity contribution in [2.45, 2.75) is 30.8 Å². The van der Waals surface area contributed by atoms with Crippen molar-refractivity contribution in [1.29, 1.82) is 0 Å². The van der Waals surface area contributed by atoms with E-state index in [4.69, 9.17) is 4.74 Å². The summed E-state index contributed by atoms with van der Waals surface area (Å²) in [5.41, 5.74) is 2.36. The number of rotatable bonds is 4. The Morgan fingerprint density at radius 2 is 2.07 bits per heavy atom. The molecule has 3 heterocycles. The second-order valence-electron chi connectivity index (χ2n) is 7.28. The third-order valence-corrected chi connectivity index (χ3v) is 5.34. The van der Waals surface area contributed by atoms with Gasteiger partial charge in [0.25, 0.3) is 11.5 Å². The number of carbonyl (C=O) groups is 1. The van der Waals surface area contributed by atoms with E-state index in [1.807, 2.05) is 30.5 Å². The van der Waals surface area contributed by atoms with Gasteiger partial charge < -0.3 is 15.0 Å². The average molecular weight is 364 g/mol. The smallest absolute Gasteiger partial charge is 0.267 e. The highest BCUT2D eigenvalue weighted by atomic mass is 16.5. The summed E-state index contributed by atoms with van der Waals surface area (Å²) >= 11 is 0. The molecule has 1 saturated heterocycles. The van der Waals surface area contributed by atoms with Gasteiger partial charge in [0, 0.05) is 34.6 Å². The lowest BCUT2D eigenvalue weighted by molar-refractivity contribution is 0.0924. The predicted molar refractivity (Wildman–Crippen MR) is 99.9 cm³/mol. The molecule has 1 aromatic carbocycles. The van der Waals surface area contributed by atoms with Crippen LogP contribution in [0, 0.1) is 0 Å². The lowest BCUT2D eigenvalue weighted by Gasteiger charge is -2.20. The van der Waals surface area contributed by atoms with E-state index in [-0.39, 0.29) is 23.6 Å². The second-order valence-corrected chi connectivity index (χ2v) is 7.28. The molecule has 2 atom stereocenters. The van der Waals surface area contributed by atoms with Crippen LogP contribution in [-0.2, 0) is 4.74 Å². The van der Waals surface area contributed by atoms with Crippen molar-refractivity contribution >= 4 is 16.8 Å². The van der Waals surface area contributed by atoms with Crippen molar-refractivity contribution in [3.05, 3.63) is 64.2 Å². The number of benzene rings is 1. The van der Waals surface area contributed by atoms with Crippen LogP contribution in [0.4, 0.5) is 0 Å². The van der Waals surface area contributed by atoms with Gasteiger partial charge in [-0.05, 0) is 43.2 Å². The van der Waals surface area contributed by atoms with Crippen LogP contribution in [0.25, 0.3) is 10.9 Å². The fraction of sp³-hybridized carbons (Fsp3) is 0.350. The quantitative estimate of drug-likeness (QED) is 0.741. The van der Waals surface area contributed by atoms with Gasteiger partial charge in [0.15, 0.2) is 0 Å². The first kappa shape index (κ1) is 16.3. The zero-order valence-electron chi connectivity index (χ0n) is 14.7. The summed E-state index contributed by atoms with van der Waals surface area (Å²) in [4.78, 5) is 28.2. The first-order valence-electron chi connectivity index (χ1n) is 9.24. The molecule has 27 heavy (non-hydrogen) atoms. The van der Waals surface area contributed by atoms with E-state index in [0.717, 1.165) is 29.4 Å². The number of hydrogen-bond acceptors (Lipinski definition) is 4. The van der Waals surface area contributed by atoms with Gasteiger partial charge in [-0.25, -0.2) is 4.68 Å². The molecule has 2 aliphatic rings. The number of aromatic amines is 1. The Hall–Kier alpha value is -2.93. The number of H-pyrrole nitrogens is 1. The van der Waals surface area contributed by atoms with E-state index in [1.165, 1.54) is 4.68 Å². The molecule has 1 saturated carbocycles. The normalized spacial score (nSPS) is 22.2. The summed E-state index contributed by atoms with van der Waals surface area (Å²) in [6.07, 6.45) is 4.08. The van der Waals surface area contributed by atoms with E-state index in [1.54, 1.807) is 12.1 Å². The highest BCUT2D eigenvalue weighted by molar-refractivity contribution is 5.98. The van der Waals surface area contributed by atoms with Crippen LogP contribution in [0.3, 0.4) is 0 Å². The third-order valence-electron chi connectivity index (χ3n) is 5.34. The van der Waals surface area contributed by atoms with Gasteiger partial charge in [0.05, 0.1) is 24.9 Å². The Morgan fingerprint density at radius 3 is 2.93 bits per heavy atom. The third kappa shape index (κ3) is 3.04. The Kier molecular flexibility index (Phi) is 3.82. The number of nitrogens with one attached hydrogen (secondary N) is 2. The van der Waals surface area contributed by atoms with Gasteiger partial charge in [-0.3, -0.25) is 9.59 Å². The molecule has 5 rings (SSSR count). The molecule has 2 aromatic heterocycles. The molecule has 138 valence electrons. The molecule has 0 radical (unpaired) electrons. The Morgan fingerprint density at radius 1 is 1.19 bits per heavy atom. The Balaban J connectivity index is 1.39. The minimum atomic E-state index is -0.295. The SMILES string of the molecule is O=C(NC1COCC1n1nc(C2CC2)ccc1=O)c1ccc2[nH]ccc2c1. The average Bonchev–Trinajstić information content (AvgIpc) is 3.24. The van der Waals surface area contributed by atoms with Gasteiger partial charge in [-0.1, -0.05) is 0 Å². The fourth-order valence-corrected chi connectivity index (χ4v) is 3.64. The maximum atomic E-state index is 12.7. The predicted octanol–water partition coefficient (Wildman–Crippen LogP) is 1.97. The monoisotopic (exact) mass is 364 g/mol. The zero-order chi connectivity index (χ0) is 18.4. The second kappa shape index (κ2) is 6.35. The lowest BCUT2D eigenvalue weighted by Crippen LogP contribution is -2.44. The molecule has 7 nitrogen and oxygen atoms in total. The van der Waals surface area contributed by atoms with Gasteiger partial charge in [-0.2, -0.15) is 5.10 Å². The fourth-order valence-electron chi connectivity index (χ4n) is 3.64. The maximum absolute atomic E-state index is 12.7. The Bertz CT molecular complexity index is 1070. The Labute approximate surface area is 155 Å². The number of aromatic nitrogens is 3. The van der Waals surface area contributed by atoms with Crippen molar-refractivity contribution in [3.63, 3.8) is 0 Å². The lowest BCUT2D eigenvalue weighted by atomic mass is 10.1. The summed E-state index contributed by atoms with van der Waals surface area (Å²) in [5.74, 6) is 0.283. The standard InChI is InChI=1S/C20H20N4O3/c25-19-6-5-16(12-1-2-12)23-24(19)18-11-27-10-17(18)22-20(26)14-3-4-15-13(9-14)7-8-21-15/h3-9,12,17-18,21H,1-2,10-11H2,(H,22,26). The molecule has 0 bridgehead atoms. The van der Waals surface area contributed by atoms with Crippen LogP contribution in [0.5, 0.6) is 0 Å². The van der Waals surface area contributed by atoms with Crippen molar-refractivity contribution in [2.24, 2.45) is 0 Å². The molecular formula is C20H20N4O3. The molecule has 1 amide bonds. The van der Waals surface area contributed by atoms with Crippen molar-refractivity contribution in [1.82, 2.24) is 20.1 Å². The van der Waals surface area contributed by atoms with Gasteiger partial charge in [0.1, 0.15) is 6.04 Å². The first-order chi connectivity index (χ1) is 13.2.